The smallest absolute Gasteiger partial charge is 0.266 e. The minimum Gasteiger partial charge on any atom is -0.508 e. The van der Waals surface area contributed by atoms with Crippen LogP contribution in [0.3, 0.4) is 0 Å². The number of ether oxygens (including phenoxy) is 1. The number of anilines is 1. The van der Waals surface area contributed by atoms with Crippen LogP contribution in [0.5, 0.6) is 11.5 Å². The SMILES string of the molecule is CCOc1ccc(/C=C(\C#N)C(=O)Nc2ccc(O)cc2)cc1Cl. The molecule has 0 bridgehead atoms. The van der Waals surface area contributed by atoms with Gasteiger partial charge in [0, 0.05) is 5.69 Å². The molecule has 2 aromatic carbocycles. The van der Waals surface area contributed by atoms with Gasteiger partial charge in [-0.05, 0) is 55.0 Å². The minimum absolute atomic E-state index is 0.0664. The van der Waals surface area contributed by atoms with Crippen molar-refractivity contribution in [3.8, 4) is 17.6 Å². The Morgan fingerprint density at radius 3 is 2.62 bits per heavy atom. The average Bonchev–Trinajstić information content (AvgIpc) is 2.57. The molecule has 0 heterocycles. The first-order valence-electron chi connectivity index (χ1n) is 7.18. The number of nitrogens with zero attached hydrogens (tertiary/aromatic N) is 1. The summed E-state index contributed by atoms with van der Waals surface area (Å²) in [6.07, 6.45) is 1.44. The molecule has 6 heteroatoms. The summed E-state index contributed by atoms with van der Waals surface area (Å²) >= 11 is 6.10. The molecule has 0 aliphatic carbocycles. The molecule has 24 heavy (non-hydrogen) atoms. The highest BCUT2D eigenvalue weighted by molar-refractivity contribution is 6.32. The molecule has 0 fully saturated rings. The number of carbonyl (C=O) groups excluding carboxylic acids is 1. The van der Waals surface area contributed by atoms with E-state index in [0.717, 1.165) is 0 Å². The molecule has 2 N–H and O–H groups in total. The maximum absolute atomic E-state index is 12.2. The molecule has 0 unspecified atom stereocenters. The highest BCUT2D eigenvalue weighted by Crippen LogP contribution is 2.26. The van der Waals surface area contributed by atoms with Crippen molar-refractivity contribution in [3.05, 3.63) is 58.6 Å². The van der Waals surface area contributed by atoms with E-state index in [4.69, 9.17) is 16.3 Å². The van der Waals surface area contributed by atoms with Crippen molar-refractivity contribution in [2.24, 2.45) is 0 Å². The Kier molecular flexibility index (Phi) is 5.83. The van der Waals surface area contributed by atoms with Crippen LogP contribution < -0.4 is 10.1 Å². The number of nitrogens with one attached hydrogen (secondary N) is 1. The maximum atomic E-state index is 12.2. The molecule has 0 aliphatic heterocycles. The zero-order valence-electron chi connectivity index (χ0n) is 12.9. The second kappa shape index (κ2) is 8.04. The predicted molar refractivity (Wildman–Crippen MR) is 92.9 cm³/mol. The van der Waals surface area contributed by atoms with Crippen LogP contribution in [0.25, 0.3) is 6.08 Å². The van der Waals surface area contributed by atoms with E-state index in [-0.39, 0.29) is 11.3 Å². The molecule has 0 saturated heterocycles. The number of hydrogen-bond donors (Lipinski definition) is 2. The fraction of sp³-hybridized carbons (Fsp3) is 0.111. The van der Waals surface area contributed by atoms with Crippen LogP contribution in [0.2, 0.25) is 5.02 Å². The summed E-state index contributed by atoms with van der Waals surface area (Å²) in [6.45, 7) is 2.35. The summed E-state index contributed by atoms with van der Waals surface area (Å²) in [7, 11) is 0. The van der Waals surface area contributed by atoms with Gasteiger partial charge in [-0.3, -0.25) is 4.79 Å². The maximum Gasteiger partial charge on any atom is 0.266 e. The van der Waals surface area contributed by atoms with Gasteiger partial charge >= 0.3 is 0 Å². The van der Waals surface area contributed by atoms with E-state index in [9.17, 15) is 15.2 Å². The van der Waals surface area contributed by atoms with E-state index < -0.39 is 5.91 Å². The van der Waals surface area contributed by atoms with Crippen LogP contribution in [0.4, 0.5) is 5.69 Å². The molecule has 0 aliphatic rings. The van der Waals surface area contributed by atoms with Gasteiger partial charge in [0.05, 0.1) is 11.6 Å². The Labute approximate surface area is 144 Å². The molecular weight excluding hydrogens is 328 g/mol. The van der Waals surface area contributed by atoms with Crippen LogP contribution >= 0.6 is 11.6 Å². The number of halogens is 1. The second-order valence-corrected chi connectivity index (χ2v) is 5.20. The van der Waals surface area contributed by atoms with Crippen LogP contribution in [0.1, 0.15) is 12.5 Å². The lowest BCUT2D eigenvalue weighted by Crippen LogP contribution is -2.13. The van der Waals surface area contributed by atoms with Crippen LogP contribution in [0.15, 0.2) is 48.0 Å². The first-order chi connectivity index (χ1) is 11.5. The summed E-state index contributed by atoms with van der Waals surface area (Å²) in [5, 5.41) is 21.4. The highest BCUT2D eigenvalue weighted by Gasteiger charge is 2.10. The predicted octanol–water partition coefficient (Wildman–Crippen LogP) is 3.99. The molecule has 5 nitrogen and oxygen atoms in total. The van der Waals surface area contributed by atoms with Crippen LogP contribution in [-0.2, 0) is 4.79 Å². The Morgan fingerprint density at radius 1 is 1.33 bits per heavy atom. The van der Waals surface area contributed by atoms with Crippen molar-refractivity contribution in [1.29, 1.82) is 5.26 Å². The number of carbonyl (C=O) groups is 1. The van der Waals surface area contributed by atoms with Crippen molar-refractivity contribution >= 4 is 29.3 Å². The molecule has 0 atom stereocenters. The van der Waals surface area contributed by atoms with E-state index in [2.05, 4.69) is 5.32 Å². The lowest BCUT2D eigenvalue weighted by molar-refractivity contribution is -0.112. The van der Waals surface area contributed by atoms with Crippen molar-refractivity contribution < 1.29 is 14.6 Å². The third kappa shape index (κ3) is 4.51. The molecular formula is C18H15ClN2O3. The quantitative estimate of drug-likeness (QED) is 0.489. The van der Waals surface area contributed by atoms with Gasteiger partial charge in [0.15, 0.2) is 0 Å². The van der Waals surface area contributed by atoms with Gasteiger partial charge < -0.3 is 15.2 Å². The summed E-state index contributed by atoms with van der Waals surface area (Å²) in [5.74, 6) is 0.0876. The molecule has 2 rings (SSSR count). The van der Waals surface area contributed by atoms with Gasteiger partial charge in [-0.1, -0.05) is 17.7 Å². The Morgan fingerprint density at radius 2 is 2.04 bits per heavy atom. The Hall–Kier alpha value is -2.97. The van der Waals surface area contributed by atoms with Gasteiger partial charge in [-0.15, -0.1) is 0 Å². The monoisotopic (exact) mass is 342 g/mol. The van der Waals surface area contributed by atoms with E-state index in [0.29, 0.717) is 28.6 Å². The van der Waals surface area contributed by atoms with Crippen LogP contribution in [0, 0.1) is 11.3 Å². The molecule has 0 radical (unpaired) electrons. The number of rotatable bonds is 5. The number of amides is 1. The van der Waals surface area contributed by atoms with Gasteiger partial charge in [0.2, 0.25) is 0 Å². The molecule has 122 valence electrons. The van der Waals surface area contributed by atoms with E-state index >= 15 is 0 Å². The molecule has 2 aromatic rings. The minimum atomic E-state index is -0.548. The number of hydrogen-bond acceptors (Lipinski definition) is 4. The summed E-state index contributed by atoms with van der Waals surface area (Å²) in [4.78, 5) is 12.2. The van der Waals surface area contributed by atoms with E-state index in [1.165, 1.54) is 30.3 Å². The lowest BCUT2D eigenvalue weighted by atomic mass is 10.1. The zero-order chi connectivity index (χ0) is 17.5. The van der Waals surface area contributed by atoms with E-state index in [1.54, 1.807) is 18.2 Å². The molecule has 0 aromatic heterocycles. The highest BCUT2D eigenvalue weighted by atomic mass is 35.5. The van der Waals surface area contributed by atoms with Gasteiger partial charge in [-0.2, -0.15) is 5.26 Å². The Balaban J connectivity index is 2.19. The van der Waals surface area contributed by atoms with Crippen molar-refractivity contribution in [2.45, 2.75) is 6.92 Å². The van der Waals surface area contributed by atoms with E-state index in [1.807, 2.05) is 13.0 Å². The number of aromatic hydroxyl groups is 1. The first kappa shape index (κ1) is 17.4. The first-order valence-corrected chi connectivity index (χ1v) is 7.55. The largest absolute Gasteiger partial charge is 0.508 e. The number of nitriles is 1. The van der Waals surface area contributed by atoms with Crippen molar-refractivity contribution in [1.82, 2.24) is 0 Å². The average molecular weight is 343 g/mol. The third-order valence-electron chi connectivity index (χ3n) is 3.06. The standard InChI is InChI=1S/C18H15ClN2O3/c1-2-24-17-8-3-12(10-16(17)19)9-13(11-20)18(23)21-14-4-6-15(22)7-5-14/h3-10,22H,2H2,1H3,(H,21,23)/b13-9+. The topological polar surface area (TPSA) is 82.3 Å². The number of phenols is 1. The Bertz CT molecular complexity index is 808. The van der Waals surface area contributed by atoms with Gasteiger partial charge in [-0.25, -0.2) is 0 Å². The molecule has 0 spiro atoms. The zero-order valence-corrected chi connectivity index (χ0v) is 13.7. The molecule has 0 saturated carbocycles. The second-order valence-electron chi connectivity index (χ2n) is 4.79. The summed E-state index contributed by atoms with van der Waals surface area (Å²) in [5.41, 5.74) is 1.02. The fourth-order valence-corrected chi connectivity index (χ4v) is 2.18. The molecule has 1 amide bonds. The van der Waals surface area contributed by atoms with Crippen molar-refractivity contribution in [3.63, 3.8) is 0 Å². The van der Waals surface area contributed by atoms with Crippen molar-refractivity contribution in [2.75, 3.05) is 11.9 Å². The van der Waals surface area contributed by atoms with Gasteiger partial charge in [0.25, 0.3) is 5.91 Å². The number of benzene rings is 2. The normalized spacial score (nSPS) is 10.8. The number of phenolic OH excluding ortho intramolecular Hbond substituents is 1. The van der Waals surface area contributed by atoms with Crippen LogP contribution in [-0.4, -0.2) is 17.6 Å². The third-order valence-corrected chi connectivity index (χ3v) is 3.35. The summed E-state index contributed by atoms with van der Waals surface area (Å²) < 4.78 is 5.34. The lowest BCUT2D eigenvalue weighted by Gasteiger charge is -2.07. The fourth-order valence-electron chi connectivity index (χ4n) is 1.94. The summed E-state index contributed by atoms with van der Waals surface area (Å²) in [6, 6.07) is 12.8. The van der Waals surface area contributed by atoms with Gasteiger partial charge in [0.1, 0.15) is 23.1 Å².